The zero-order valence-electron chi connectivity index (χ0n) is 14.7. The second kappa shape index (κ2) is 8.78. The molecule has 1 aliphatic carbocycles. The number of halogens is 1. The molecule has 1 fully saturated rings. The number of carboxylic acids is 1. The number of nitrogens with zero attached hydrogens (tertiary/aromatic N) is 1. The van der Waals surface area contributed by atoms with Gasteiger partial charge in [-0.2, -0.15) is 0 Å². The van der Waals surface area contributed by atoms with Gasteiger partial charge in [0.2, 0.25) is 0 Å². The Morgan fingerprint density at radius 2 is 2.23 bits per heavy atom. The summed E-state index contributed by atoms with van der Waals surface area (Å²) in [6.45, 7) is 2.09. The molecule has 6 heteroatoms. The maximum atomic E-state index is 11.0. The number of pyridine rings is 1. The molecule has 0 saturated heterocycles. The van der Waals surface area contributed by atoms with E-state index < -0.39 is 11.9 Å². The monoisotopic (exact) mass is 391 g/mol. The highest BCUT2D eigenvalue weighted by Gasteiger charge is 2.22. The molecule has 1 saturated carbocycles. The Kier molecular flexibility index (Phi) is 6.43. The molecule has 1 aliphatic rings. The predicted molar refractivity (Wildman–Crippen MR) is 104 cm³/mol. The molecule has 0 spiro atoms. The highest BCUT2D eigenvalue weighted by Crippen LogP contribution is 2.35. The molecule has 3 rings (SSSR count). The molecule has 1 aromatic heterocycles. The second-order valence-electron chi connectivity index (χ2n) is 6.72. The van der Waals surface area contributed by atoms with Gasteiger partial charge in [0.25, 0.3) is 0 Å². The molecule has 0 radical (unpaired) electrons. The molecule has 1 N–H and O–H groups in total. The second-order valence-corrected chi connectivity index (χ2v) is 8.13. The van der Waals surface area contributed by atoms with Gasteiger partial charge in [0.1, 0.15) is 17.4 Å². The maximum Gasteiger partial charge on any atom is 0.306 e. The van der Waals surface area contributed by atoms with Crippen molar-refractivity contribution in [3.8, 4) is 5.75 Å². The summed E-state index contributed by atoms with van der Waals surface area (Å²) in [6, 6.07) is 9.39. The van der Waals surface area contributed by atoms with Gasteiger partial charge >= 0.3 is 5.97 Å². The average Bonchev–Trinajstić information content (AvgIpc) is 3.44. The SMILES string of the molecule is CC(Cc1ccc(OCc2cccnc2SCC2CC2)c(Cl)c1)C(=O)O. The van der Waals surface area contributed by atoms with Crippen LogP contribution in [0.25, 0.3) is 0 Å². The van der Waals surface area contributed by atoms with E-state index in [1.807, 2.05) is 24.4 Å². The van der Waals surface area contributed by atoms with Crippen molar-refractivity contribution in [2.75, 3.05) is 5.75 Å². The van der Waals surface area contributed by atoms with E-state index in [1.54, 1.807) is 30.8 Å². The van der Waals surface area contributed by atoms with Gasteiger partial charge in [-0.1, -0.05) is 30.7 Å². The molecule has 0 bridgehead atoms. The Bertz CT molecular complexity index is 779. The van der Waals surface area contributed by atoms with Gasteiger partial charge in [0, 0.05) is 17.5 Å². The lowest BCUT2D eigenvalue weighted by Crippen LogP contribution is -2.12. The van der Waals surface area contributed by atoms with Crippen molar-refractivity contribution in [2.45, 2.75) is 37.8 Å². The minimum Gasteiger partial charge on any atom is -0.487 e. The lowest BCUT2D eigenvalue weighted by atomic mass is 10.0. The molecule has 0 amide bonds. The summed E-state index contributed by atoms with van der Waals surface area (Å²) < 4.78 is 5.89. The molecule has 0 aliphatic heterocycles. The Balaban J connectivity index is 1.61. The van der Waals surface area contributed by atoms with Crippen LogP contribution >= 0.6 is 23.4 Å². The number of ether oxygens (including phenoxy) is 1. The fourth-order valence-corrected chi connectivity index (χ4v) is 3.96. The molecule has 2 aromatic rings. The molecule has 1 aromatic carbocycles. The van der Waals surface area contributed by atoms with Gasteiger partial charge in [0.15, 0.2) is 0 Å². The van der Waals surface area contributed by atoms with Crippen LogP contribution in [0.2, 0.25) is 5.02 Å². The zero-order valence-corrected chi connectivity index (χ0v) is 16.2. The number of hydrogen-bond acceptors (Lipinski definition) is 4. The lowest BCUT2D eigenvalue weighted by molar-refractivity contribution is -0.141. The third-order valence-electron chi connectivity index (χ3n) is 4.35. The zero-order chi connectivity index (χ0) is 18.5. The standard InChI is InChI=1S/C20H22ClNO3S/c1-13(20(23)24)9-15-6-7-18(17(21)10-15)25-11-16-3-2-8-22-19(16)26-12-14-4-5-14/h2-3,6-8,10,13-14H,4-5,9,11-12H2,1H3,(H,23,24). The van der Waals surface area contributed by atoms with E-state index >= 15 is 0 Å². The van der Waals surface area contributed by atoms with Gasteiger partial charge < -0.3 is 9.84 Å². The van der Waals surface area contributed by atoms with Crippen molar-refractivity contribution in [1.82, 2.24) is 4.98 Å². The van der Waals surface area contributed by atoms with Gasteiger partial charge in [-0.25, -0.2) is 4.98 Å². The molecule has 138 valence electrons. The van der Waals surface area contributed by atoms with Crippen molar-refractivity contribution in [3.05, 3.63) is 52.7 Å². The molecule has 26 heavy (non-hydrogen) atoms. The highest BCUT2D eigenvalue weighted by molar-refractivity contribution is 7.99. The fraction of sp³-hybridized carbons (Fsp3) is 0.400. The summed E-state index contributed by atoms with van der Waals surface area (Å²) >= 11 is 8.11. The maximum absolute atomic E-state index is 11.0. The number of aliphatic carboxylic acids is 1. The minimum atomic E-state index is -0.811. The van der Waals surface area contributed by atoms with Crippen molar-refractivity contribution >= 4 is 29.3 Å². The van der Waals surface area contributed by atoms with Crippen LogP contribution < -0.4 is 4.74 Å². The third-order valence-corrected chi connectivity index (χ3v) is 5.92. The van der Waals surface area contributed by atoms with Crippen LogP contribution in [0.4, 0.5) is 0 Å². The van der Waals surface area contributed by atoms with Crippen molar-refractivity contribution < 1.29 is 14.6 Å². The molecule has 1 atom stereocenters. The van der Waals surface area contributed by atoms with Crippen LogP contribution in [0.1, 0.15) is 30.9 Å². The summed E-state index contributed by atoms with van der Waals surface area (Å²) in [6.07, 6.45) is 4.91. The van der Waals surface area contributed by atoms with Crippen LogP contribution in [0.15, 0.2) is 41.6 Å². The Hall–Kier alpha value is -1.72. The summed E-state index contributed by atoms with van der Waals surface area (Å²) in [7, 11) is 0. The number of hydrogen-bond donors (Lipinski definition) is 1. The molecule has 1 heterocycles. The van der Waals surface area contributed by atoms with Crippen LogP contribution in [-0.2, 0) is 17.8 Å². The van der Waals surface area contributed by atoms with Crippen LogP contribution in [0.5, 0.6) is 5.75 Å². The first kappa shape index (κ1) is 19.1. The van der Waals surface area contributed by atoms with Crippen LogP contribution in [0, 0.1) is 11.8 Å². The van der Waals surface area contributed by atoms with E-state index in [0.29, 0.717) is 23.8 Å². The van der Waals surface area contributed by atoms with Crippen LogP contribution in [-0.4, -0.2) is 21.8 Å². The van der Waals surface area contributed by atoms with Crippen molar-refractivity contribution in [2.24, 2.45) is 11.8 Å². The van der Waals surface area contributed by atoms with E-state index in [-0.39, 0.29) is 0 Å². The van der Waals surface area contributed by atoms with Gasteiger partial charge in [-0.15, -0.1) is 11.8 Å². The summed E-state index contributed by atoms with van der Waals surface area (Å²) in [5, 5.41) is 10.5. The number of aromatic nitrogens is 1. The molecular weight excluding hydrogens is 370 g/mol. The normalized spacial score (nSPS) is 14.8. The van der Waals surface area contributed by atoms with Crippen molar-refractivity contribution in [3.63, 3.8) is 0 Å². The molecule has 4 nitrogen and oxygen atoms in total. The topological polar surface area (TPSA) is 59.4 Å². The lowest BCUT2D eigenvalue weighted by Gasteiger charge is -2.12. The Morgan fingerprint density at radius 3 is 2.92 bits per heavy atom. The average molecular weight is 392 g/mol. The van der Waals surface area contributed by atoms with Gasteiger partial charge in [-0.3, -0.25) is 4.79 Å². The quantitative estimate of drug-likeness (QED) is 0.604. The number of benzene rings is 1. The summed E-state index contributed by atoms with van der Waals surface area (Å²) in [5.74, 6) is 1.29. The van der Waals surface area contributed by atoms with E-state index in [9.17, 15) is 4.79 Å². The Morgan fingerprint density at radius 1 is 1.42 bits per heavy atom. The van der Waals surface area contributed by atoms with Gasteiger partial charge in [-0.05, 0) is 48.9 Å². The number of thioether (sulfide) groups is 1. The first-order valence-electron chi connectivity index (χ1n) is 8.73. The minimum absolute atomic E-state index is 0.408. The number of rotatable bonds is 9. The Labute approximate surface area is 162 Å². The van der Waals surface area contributed by atoms with E-state index in [2.05, 4.69) is 4.98 Å². The van der Waals surface area contributed by atoms with E-state index in [1.165, 1.54) is 12.8 Å². The van der Waals surface area contributed by atoms with E-state index in [4.69, 9.17) is 21.4 Å². The summed E-state index contributed by atoms with van der Waals surface area (Å²) in [4.78, 5) is 15.5. The smallest absolute Gasteiger partial charge is 0.306 e. The molecular formula is C20H22ClNO3S. The molecule has 1 unspecified atom stereocenters. The summed E-state index contributed by atoms with van der Waals surface area (Å²) in [5.41, 5.74) is 1.94. The third kappa shape index (κ3) is 5.39. The van der Waals surface area contributed by atoms with E-state index in [0.717, 1.165) is 27.8 Å². The van der Waals surface area contributed by atoms with Crippen LogP contribution in [0.3, 0.4) is 0 Å². The largest absolute Gasteiger partial charge is 0.487 e. The number of carboxylic acid groups (broad SMARTS) is 1. The fourth-order valence-electron chi connectivity index (χ4n) is 2.53. The number of carbonyl (C=O) groups is 1. The first-order valence-corrected chi connectivity index (χ1v) is 10.1. The predicted octanol–water partition coefficient (Wildman–Crippen LogP) is 5.08. The highest BCUT2D eigenvalue weighted by atomic mass is 35.5. The van der Waals surface area contributed by atoms with Gasteiger partial charge in [0.05, 0.1) is 10.9 Å². The van der Waals surface area contributed by atoms with Crippen molar-refractivity contribution in [1.29, 1.82) is 0 Å². The first-order chi connectivity index (χ1) is 12.5.